The molecule has 1 saturated heterocycles. The van der Waals surface area contributed by atoms with Gasteiger partial charge in [-0.15, -0.1) is 0 Å². The number of benzene rings is 2. The molecule has 0 aliphatic carbocycles. The Morgan fingerprint density at radius 2 is 1.69 bits per heavy atom. The second-order valence-electron chi connectivity index (χ2n) is 7.98. The fourth-order valence-electron chi connectivity index (χ4n) is 3.58. The zero-order chi connectivity index (χ0) is 25.5. The topological polar surface area (TPSA) is 83.6 Å². The molecule has 0 radical (unpaired) electrons. The van der Waals surface area contributed by atoms with Gasteiger partial charge < -0.3 is 20.3 Å². The minimum absolute atomic E-state index is 0.112. The molecule has 2 N–H and O–H groups in total. The highest BCUT2D eigenvalue weighted by atomic mass is 19.4. The Balaban J connectivity index is 1.38. The van der Waals surface area contributed by atoms with Crippen LogP contribution in [0.4, 0.5) is 30.4 Å². The molecule has 1 aromatic heterocycles. The zero-order valence-electron chi connectivity index (χ0n) is 19.1. The molecule has 2 amide bonds. The number of amides is 2. The molecule has 36 heavy (non-hydrogen) atoms. The van der Waals surface area contributed by atoms with E-state index in [1.54, 1.807) is 48.7 Å². The van der Waals surface area contributed by atoms with Crippen LogP contribution in [0.15, 0.2) is 72.9 Å². The molecular weight excluding hydrogens is 473 g/mol. The predicted octanol–water partition coefficient (Wildman–Crippen LogP) is 4.84. The lowest BCUT2D eigenvalue weighted by atomic mass is 10.1. The average Bonchev–Trinajstić information content (AvgIpc) is 2.88. The van der Waals surface area contributed by atoms with Gasteiger partial charge in [0, 0.05) is 48.4 Å². The molecule has 1 aliphatic rings. The van der Waals surface area contributed by atoms with E-state index in [1.807, 2.05) is 0 Å². The number of morpholine rings is 1. The molecular formula is C26H23F3N4O3. The molecule has 1 fully saturated rings. The highest BCUT2D eigenvalue weighted by Gasteiger charge is 2.30. The average molecular weight is 496 g/mol. The number of rotatable bonds is 6. The van der Waals surface area contributed by atoms with Crippen LogP contribution in [-0.2, 0) is 15.7 Å². The van der Waals surface area contributed by atoms with Crippen LogP contribution in [0.3, 0.4) is 0 Å². The number of halogens is 3. The summed E-state index contributed by atoms with van der Waals surface area (Å²) < 4.78 is 44.1. The lowest BCUT2D eigenvalue weighted by Gasteiger charge is -2.27. The number of aromatic nitrogens is 1. The van der Waals surface area contributed by atoms with Crippen LogP contribution >= 0.6 is 0 Å². The summed E-state index contributed by atoms with van der Waals surface area (Å²) in [5, 5.41) is 5.37. The van der Waals surface area contributed by atoms with Crippen LogP contribution in [0.5, 0.6) is 0 Å². The van der Waals surface area contributed by atoms with Crippen LogP contribution in [0.1, 0.15) is 21.5 Å². The summed E-state index contributed by atoms with van der Waals surface area (Å²) in [4.78, 5) is 31.3. The predicted molar refractivity (Wildman–Crippen MR) is 131 cm³/mol. The van der Waals surface area contributed by atoms with E-state index in [9.17, 15) is 22.8 Å². The monoisotopic (exact) mass is 496 g/mol. The van der Waals surface area contributed by atoms with Crippen molar-refractivity contribution in [3.63, 3.8) is 0 Å². The lowest BCUT2D eigenvalue weighted by Crippen LogP contribution is -2.36. The number of anilines is 3. The van der Waals surface area contributed by atoms with Gasteiger partial charge in [-0.3, -0.25) is 9.59 Å². The summed E-state index contributed by atoms with van der Waals surface area (Å²) in [5.41, 5.74) is 0.589. The standard InChI is InChI=1S/C26H23F3N4O3/c27-26(28,29)20-5-2-4-19(16-20)25(35)32-21-6-1-3-18(15-21)7-8-24(34)31-22-9-10-30-23(17-22)33-11-13-36-14-12-33/h1-10,15-17H,11-14H2,(H,32,35)(H,30,31,34). The number of nitrogens with one attached hydrogen (secondary N) is 2. The van der Waals surface area contributed by atoms with E-state index in [0.717, 1.165) is 31.0 Å². The van der Waals surface area contributed by atoms with E-state index in [2.05, 4.69) is 20.5 Å². The normalized spacial score (nSPS) is 14.0. The van der Waals surface area contributed by atoms with E-state index in [1.165, 1.54) is 18.2 Å². The molecule has 1 aliphatic heterocycles. The third-order valence-electron chi connectivity index (χ3n) is 5.37. The quantitative estimate of drug-likeness (QED) is 0.477. The maximum absolute atomic E-state index is 12.9. The second kappa shape index (κ2) is 11.0. The summed E-state index contributed by atoms with van der Waals surface area (Å²) in [6.45, 7) is 2.71. The first-order valence-electron chi connectivity index (χ1n) is 11.1. The van der Waals surface area contributed by atoms with E-state index >= 15 is 0 Å². The van der Waals surface area contributed by atoms with Gasteiger partial charge in [0.05, 0.1) is 18.8 Å². The molecule has 3 aromatic rings. The van der Waals surface area contributed by atoms with Gasteiger partial charge in [0.15, 0.2) is 0 Å². The van der Waals surface area contributed by atoms with Gasteiger partial charge in [0.25, 0.3) is 5.91 Å². The van der Waals surface area contributed by atoms with E-state index in [-0.39, 0.29) is 11.5 Å². The fourth-order valence-corrected chi connectivity index (χ4v) is 3.58. The number of hydrogen-bond donors (Lipinski definition) is 2. The first-order chi connectivity index (χ1) is 17.3. The first-order valence-corrected chi connectivity index (χ1v) is 11.1. The zero-order valence-corrected chi connectivity index (χ0v) is 19.1. The molecule has 2 heterocycles. The number of alkyl halides is 3. The number of hydrogen-bond acceptors (Lipinski definition) is 5. The van der Waals surface area contributed by atoms with Crippen molar-refractivity contribution in [3.8, 4) is 0 Å². The molecule has 0 atom stereocenters. The summed E-state index contributed by atoms with van der Waals surface area (Å²) in [6, 6.07) is 14.3. The van der Waals surface area contributed by atoms with E-state index in [0.29, 0.717) is 30.2 Å². The van der Waals surface area contributed by atoms with Gasteiger partial charge in [0.2, 0.25) is 5.91 Å². The molecule has 7 nitrogen and oxygen atoms in total. The third kappa shape index (κ3) is 6.70. The Morgan fingerprint density at radius 3 is 2.47 bits per heavy atom. The molecule has 0 spiro atoms. The summed E-state index contributed by atoms with van der Waals surface area (Å²) in [6.07, 6.45) is 0.00447. The third-order valence-corrected chi connectivity index (χ3v) is 5.37. The SMILES string of the molecule is O=C(C=Cc1cccc(NC(=O)c2cccc(C(F)(F)F)c2)c1)Nc1ccnc(N2CCOCC2)c1. The molecule has 0 bridgehead atoms. The molecule has 4 rings (SSSR count). The molecule has 10 heteroatoms. The number of carbonyl (C=O) groups excluding carboxylic acids is 2. The summed E-state index contributed by atoms with van der Waals surface area (Å²) >= 11 is 0. The molecule has 0 unspecified atom stereocenters. The van der Waals surface area contributed by atoms with Crippen LogP contribution in [0.25, 0.3) is 6.08 Å². The van der Waals surface area contributed by atoms with Gasteiger partial charge in [-0.25, -0.2) is 4.98 Å². The van der Waals surface area contributed by atoms with Crippen LogP contribution < -0.4 is 15.5 Å². The van der Waals surface area contributed by atoms with Crippen LogP contribution in [0.2, 0.25) is 0 Å². The van der Waals surface area contributed by atoms with Gasteiger partial charge in [-0.1, -0.05) is 18.2 Å². The van der Waals surface area contributed by atoms with Gasteiger partial charge in [-0.05, 0) is 48.0 Å². The molecule has 2 aromatic carbocycles. The highest BCUT2D eigenvalue weighted by Crippen LogP contribution is 2.29. The minimum Gasteiger partial charge on any atom is -0.378 e. The van der Waals surface area contributed by atoms with Gasteiger partial charge in [-0.2, -0.15) is 13.2 Å². The second-order valence-corrected chi connectivity index (χ2v) is 7.98. The number of nitrogens with zero attached hydrogens (tertiary/aromatic N) is 2. The number of pyridine rings is 1. The van der Waals surface area contributed by atoms with Crippen molar-refractivity contribution in [1.29, 1.82) is 0 Å². The maximum Gasteiger partial charge on any atom is 0.416 e. The van der Waals surface area contributed by atoms with Crippen LogP contribution in [-0.4, -0.2) is 43.1 Å². The largest absolute Gasteiger partial charge is 0.416 e. The highest BCUT2D eigenvalue weighted by molar-refractivity contribution is 6.05. The van der Waals surface area contributed by atoms with E-state index < -0.39 is 17.6 Å². The Morgan fingerprint density at radius 1 is 0.944 bits per heavy atom. The van der Waals surface area contributed by atoms with Crippen molar-refractivity contribution >= 4 is 35.1 Å². The molecule has 0 saturated carbocycles. The van der Waals surface area contributed by atoms with Gasteiger partial charge >= 0.3 is 6.18 Å². The fraction of sp³-hybridized carbons (Fsp3) is 0.192. The van der Waals surface area contributed by atoms with Crippen molar-refractivity contribution in [2.75, 3.05) is 41.8 Å². The Kier molecular flexibility index (Phi) is 7.65. The summed E-state index contributed by atoms with van der Waals surface area (Å²) in [7, 11) is 0. The first kappa shape index (κ1) is 24.9. The lowest BCUT2D eigenvalue weighted by molar-refractivity contribution is -0.137. The van der Waals surface area contributed by atoms with Crippen molar-refractivity contribution in [1.82, 2.24) is 4.98 Å². The van der Waals surface area contributed by atoms with Crippen molar-refractivity contribution in [3.05, 3.63) is 89.6 Å². The van der Waals surface area contributed by atoms with Crippen LogP contribution in [0, 0.1) is 0 Å². The van der Waals surface area contributed by atoms with Crippen molar-refractivity contribution in [2.24, 2.45) is 0 Å². The minimum atomic E-state index is -4.54. The smallest absolute Gasteiger partial charge is 0.378 e. The Hall–Kier alpha value is -4.18. The molecule has 186 valence electrons. The summed E-state index contributed by atoms with van der Waals surface area (Å²) in [5.74, 6) is -0.273. The van der Waals surface area contributed by atoms with E-state index in [4.69, 9.17) is 4.74 Å². The number of carbonyl (C=O) groups is 2. The van der Waals surface area contributed by atoms with Crippen molar-refractivity contribution < 1.29 is 27.5 Å². The van der Waals surface area contributed by atoms with Gasteiger partial charge in [0.1, 0.15) is 5.82 Å². The maximum atomic E-state index is 12.9. The number of ether oxygens (including phenoxy) is 1. The van der Waals surface area contributed by atoms with Crippen molar-refractivity contribution in [2.45, 2.75) is 6.18 Å². The Labute approximate surface area is 205 Å². The Bertz CT molecular complexity index is 1270.